The van der Waals surface area contributed by atoms with Crippen molar-refractivity contribution < 1.29 is 28.6 Å². The topological polar surface area (TPSA) is 78.9 Å². The van der Waals surface area contributed by atoms with Crippen LogP contribution in [0.4, 0.5) is 0 Å². The van der Waals surface area contributed by atoms with E-state index in [1.54, 1.807) is 0 Å². The van der Waals surface area contributed by atoms with E-state index in [2.05, 4.69) is 167 Å². The van der Waals surface area contributed by atoms with E-state index in [1.807, 2.05) is 0 Å². The van der Waals surface area contributed by atoms with E-state index in [9.17, 15) is 14.4 Å². The van der Waals surface area contributed by atoms with Gasteiger partial charge in [0.25, 0.3) is 0 Å². The molecule has 6 heteroatoms. The molecule has 386 valence electrons. The lowest BCUT2D eigenvalue weighted by Crippen LogP contribution is -2.30. The van der Waals surface area contributed by atoms with Crippen LogP contribution in [0.15, 0.2) is 146 Å². The third-order valence-electron chi connectivity index (χ3n) is 10.8. The van der Waals surface area contributed by atoms with Gasteiger partial charge in [0.05, 0.1) is 0 Å². The molecule has 0 aromatic rings. The van der Waals surface area contributed by atoms with Crippen LogP contribution in [0.1, 0.15) is 213 Å². The van der Waals surface area contributed by atoms with Gasteiger partial charge < -0.3 is 14.2 Å². The predicted octanol–water partition coefficient (Wildman–Crippen LogP) is 18.4. The van der Waals surface area contributed by atoms with Crippen molar-refractivity contribution in [1.82, 2.24) is 0 Å². The van der Waals surface area contributed by atoms with Gasteiger partial charge in [-0.05, 0) is 116 Å². The summed E-state index contributed by atoms with van der Waals surface area (Å²) in [6, 6.07) is 0. The van der Waals surface area contributed by atoms with Gasteiger partial charge in [-0.15, -0.1) is 0 Å². The number of carbonyl (C=O) groups is 3. The summed E-state index contributed by atoms with van der Waals surface area (Å²) in [4.78, 5) is 37.8. The summed E-state index contributed by atoms with van der Waals surface area (Å²) in [7, 11) is 0. The minimum atomic E-state index is -0.813. The van der Waals surface area contributed by atoms with Gasteiger partial charge in [0, 0.05) is 19.3 Å². The minimum absolute atomic E-state index is 0.108. The Morgan fingerprint density at radius 1 is 0.304 bits per heavy atom. The third-order valence-corrected chi connectivity index (χ3v) is 10.8. The van der Waals surface area contributed by atoms with Gasteiger partial charge in [-0.1, -0.05) is 224 Å². The molecule has 0 aromatic carbocycles. The number of esters is 3. The predicted molar refractivity (Wildman–Crippen MR) is 297 cm³/mol. The Morgan fingerprint density at radius 3 is 0.942 bits per heavy atom. The van der Waals surface area contributed by atoms with E-state index in [0.717, 1.165) is 141 Å². The first-order valence-electron chi connectivity index (χ1n) is 27.3. The zero-order valence-electron chi connectivity index (χ0n) is 44.0. The summed E-state index contributed by atoms with van der Waals surface area (Å²) in [5, 5.41) is 0. The normalized spacial score (nSPS) is 13.3. The number of carbonyl (C=O) groups excluding carboxylic acids is 3. The van der Waals surface area contributed by atoms with E-state index in [0.29, 0.717) is 19.3 Å². The van der Waals surface area contributed by atoms with Crippen LogP contribution in [0.5, 0.6) is 0 Å². The summed E-state index contributed by atoms with van der Waals surface area (Å²) in [6.45, 7) is 6.28. The lowest BCUT2D eigenvalue weighted by Gasteiger charge is -2.18. The minimum Gasteiger partial charge on any atom is -0.462 e. The van der Waals surface area contributed by atoms with Crippen molar-refractivity contribution in [2.75, 3.05) is 13.2 Å². The van der Waals surface area contributed by atoms with Gasteiger partial charge in [0.2, 0.25) is 0 Å². The van der Waals surface area contributed by atoms with E-state index in [4.69, 9.17) is 14.2 Å². The molecule has 0 aliphatic carbocycles. The number of hydrogen-bond acceptors (Lipinski definition) is 6. The molecule has 0 amide bonds. The second-order valence-electron chi connectivity index (χ2n) is 17.4. The summed E-state index contributed by atoms with van der Waals surface area (Å²) >= 11 is 0. The largest absolute Gasteiger partial charge is 0.462 e. The summed E-state index contributed by atoms with van der Waals surface area (Å²) < 4.78 is 16.7. The van der Waals surface area contributed by atoms with Crippen LogP contribution in [-0.4, -0.2) is 37.2 Å². The van der Waals surface area contributed by atoms with Crippen LogP contribution in [0.25, 0.3) is 0 Å². The maximum atomic E-state index is 12.8. The van der Waals surface area contributed by atoms with E-state index in [1.165, 1.54) is 25.7 Å². The molecule has 6 nitrogen and oxygen atoms in total. The Balaban J connectivity index is 4.35. The van der Waals surface area contributed by atoms with Crippen LogP contribution in [-0.2, 0) is 28.6 Å². The van der Waals surface area contributed by atoms with Gasteiger partial charge in [0.15, 0.2) is 6.10 Å². The highest BCUT2D eigenvalue weighted by Crippen LogP contribution is 2.12. The van der Waals surface area contributed by atoms with Crippen molar-refractivity contribution in [3.05, 3.63) is 146 Å². The first-order valence-corrected chi connectivity index (χ1v) is 27.3. The number of unbranched alkanes of at least 4 members (excludes halogenated alkanes) is 12. The molecule has 1 unspecified atom stereocenters. The monoisotopic (exact) mass is 951 g/mol. The second kappa shape index (κ2) is 55.9. The van der Waals surface area contributed by atoms with Gasteiger partial charge in [-0.3, -0.25) is 14.4 Å². The Labute approximate surface area is 423 Å². The zero-order chi connectivity index (χ0) is 50.0. The first-order chi connectivity index (χ1) is 34.0. The van der Waals surface area contributed by atoms with Crippen LogP contribution in [0, 0.1) is 0 Å². The summed E-state index contributed by atoms with van der Waals surface area (Å²) in [5.74, 6) is -1.01. The zero-order valence-corrected chi connectivity index (χ0v) is 44.0. The Morgan fingerprint density at radius 2 is 0.580 bits per heavy atom. The van der Waals surface area contributed by atoms with E-state index in [-0.39, 0.29) is 37.5 Å². The summed E-state index contributed by atoms with van der Waals surface area (Å²) in [5.41, 5.74) is 0. The fourth-order valence-electron chi connectivity index (χ4n) is 6.81. The molecule has 0 aromatic heterocycles. The van der Waals surface area contributed by atoms with Crippen LogP contribution in [0.2, 0.25) is 0 Å². The lowest BCUT2D eigenvalue weighted by atomic mass is 10.1. The van der Waals surface area contributed by atoms with Gasteiger partial charge in [-0.25, -0.2) is 0 Å². The highest BCUT2D eigenvalue weighted by molar-refractivity contribution is 5.71. The lowest BCUT2D eigenvalue weighted by molar-refractivity contribution is -0.167. The standard InChI is InChI=1S/C63H98O6/c1-4-7-10-13-16-18-20-22-24-25-26-27-28-29-30-31-32-33-34-35-36-37-39-40-42-44-47-50-53-56-62(65)68-59-60(58-67-61(64)55-52-49-46-15-12-9-6-3)69-63(66)57-54-51-48-45-43-41-38-23-21-19-17-14-11-8-5-2/h7-8,10-11,16-19,22-24,26-27,29-30,32-33,35-36,38-40,44,47,60H,4-6,9,12-15,20-21,25,28,31,34,37,41-43,45-46,48-59H2,1-3H3/b10-7-,11-8-,18-16-,19-17-,24-22-,27-26-,30-29-,33-32-,36-35-,38-23-,40-39-,47-44-. The van der Waals surface area contributed by atoms with Crippen LogP contribution >= 0.6 is 0 Å². The maximum Gasteiger partial charge on any atom is 0.306 e. The number of rotatable bonds is 47. The molecule has 0 aliphatic heterocycles. The highest BCUT2D eigenvalue weighted by Gasteiger charge is 2.19. The molecule has 0 bridgehead atoms. The quantitative estimate of drug-likeness (QED) is 0.0262. The van der Waals surface area contributed by atoms with Crippen LogP contribution < -0.4 is 0 Å². The summed E-state index contributed by atoms with van der Waals surface area (Å²) in [6.07, 6.45) is 80.1. The van der Waals surface area contributed by atoms with Gasteiger partial charge >= 0.3 is 17.9 Å². The molecule has 1 atom stereocenters. The maximum absolute atomic E-state index is 12.8. The van der Waals surface area contributed by atoms with Crippen molar-refractivity contribution in [1.29, 1.82) is 0 Å². The number of hydrogen-bond donors (Lipinski definition) is 0. The van der Waals surface area contributed by atoms with Crippen molar-refractivity contribution in [3.63, 3.8) is 0 Å². The Kier molecular flexibility index (Phi) is 52.1. The SMILES string of the molecule is CC/C=C\C/C=C\C/C=C\C/C=C\C/C=C\C/C=C\C/C=C\C/C=C\C/C=C\CCCC(=O)OCC(COC(=O)CCCCCCCCC)OC(=O)CCCCCCC/C=C\C/C=C\C/C=C\CC. The molecular weight excluding hydrogens is 853 g/mol. The molecule has 69 heavy (non-hydrogen) atoms. The van der Waals surface area contributed by atoms with Crippen molar-refractivity contribution in [3.8, 4) is 0 Å². The second-order valence-corrected chi connectivity index (χ2v) is 17.4. The average molecular weight is 951 g/mol. The fourth-order valence-corrected chi connectivity index (χ4v) is 6.81. The first kappa shape index (κ1) is 64.3. The van der Waals surface area contributed by atoms with Crippen LogP contribution in [0.3, 0.4) is 0 Å². The average Bonchev–Trinajstić information content (AvgIpc) is 3.35. The fraction of sp³-hybridized carbons (Fsp3) is 0.571. The molecule has 0 rings (SSSR count). The van der Waals surface area contributed by atoms with Crippen molar-refractivity contribution >= 4 is 17.9 Å². The van der Waals surface area contributed by atoms with Gasteiger partial charge in [0.1, 0.15) is 13.2 Å². The molecule has 0 aliphatic rings. The van der Waals surface area contributed by atoms with Gasteiger partial charge in [-0.2, -0.15) is 0 Å². The van der Waals surface area contributed by atoms with E-state index < -0.39 is 6.10 Å². The van der Waals surface area contributed by atoms with Crippen molar-refractivity contribution in [2.45, 2.75) is 219 Å². The number of allylic oxidation sites excluding steroid dienone is 24. The molecule has 0 radical (unpaired) electrons. The smallest absolute Gasteiger partial charge is 0.306 e. The molecule has 0 N–H and O–H groups in total. The molecule has 0 saturated carbocycles. The Bertz CT molecular complexity index is 1560. The molecular formula is C63H98O6. The number of ether oxygens (including phenoxy) is 3. The molecule has 0 spiro atoms. The molecule has 0 heterocycles. The highest BCUT2D eigenvalue weighted by atomic mass is 16.6. The molecule has 0 fully saturated rings. The Hall–Kier alpha value is -4.71. The molecule has 0 saturated heterocycles. The third kappa shape index (κ3) is 54.1. The van der Waals surface area contributed by atoms with Crippen molar-refractivity contribution in [2.24, 2.45) is 0 Å². The van der Waals surface area contributed by atoms with E-state index >= 15 is 0 Å².